The second-order valence-electron chi connectivity index (χ2n) is 5.17. The van der Waals surface area contributed by atoms with Gasteiger partial charge in [-0.2, -0.15) is 0 Å². The van der Waals surface area contributed by atoms with Crippen molar-refractivity contribution in [3.63, 3.8) is 0 Å². The number of hydrogen-bond donors (Lipinski definition) is 8. The Bertz CT molecular complexity index is 365. The number of hydrogen-bond acceptors (Lipinski definition) is 11. The van der Waals surface area contributed by atoms with Gasteiger partial charge in [-0.15, -0.1) is 0 Å². The van der Waals surface area contributed by atoms with Crippen LogP contribution in [-0.2, 0) is 14.3 Å². The third-order valence-electron chi connectivity index (χ3n) is 3.54. The van der Waals surface area contributed by atoms with E-state index < -0.39 is 68.3 Å². The normalized spacial score (nSPS) is 37.0. The Labute approximate surface area is 130 Å². The molecule has 4 unspecified atom stereocenters. The molecule has 136 valence electrons. The van der Waals surface area contributed by atoms with Crippen LogP contribution < -0.4 is 0 Å². The lowest BCUT2D eigenvalue weighted by Crippen LogP contribution is -2.60. The molecule has 1 aliphatic heterocycles. The molecular formula is C12H22O11. The van der Waals surface area contributed by atoms with E-state index in [4.69, 9.17) is 19.7 Å². The quantitative estimate of drug-likeness (QED) is 0.196. The lowest BCUT2D eigenvalue weighted by molar-refractivity contribution is -0.315. The molecule has 0 aromatic heterocycles. The van der Waals surface area contributed by atoms with E-state index in [0.29, 0.717) is 0 Å². The summed E-state index contributed by atoms with van der Waals surface area (Å²) in [7, 11) is 0. The van der Waals surface area contributed by atoms with Crippen molar-refractivity contribution < 1.29 is 55.1 Å². The van der Waals surface area contributed by atoms with Gasteiger partial charge in [-0.3, -0.25) is 0 Å². The minimum Gasteiger partial charge on any atom is -0.394 e. The first-order chi connectivity index (χ1) is 10.8. The summed E-state index contributed by atoms with van der Waals surface area (Å²) in [5.41, 5.74) is 0. The summed E-state index contributed by atoms with van der Waals surface area (Å²) in [6.45, 7) is -1.60. The number of aldehydes is 1. The molecule has 0 saturated carbocycles. The minimum absolute atomic E-state index is 0.0550. The second-order valence-corrected chi connectivity index (χ2v) is 5.17. The fourth-order valence-corrected chi connectivity index (χ4v) is 2.06. The molecule has 1 aliphatic rings. The summed E-state index contributed by atoms with van der Waals surface area (Å²) in [4.78, 5) is 11.0. The highest BCUT2D eigenvalue weighted by molar-refractivity contribution is 5.57. The van der Waals surface area contributed by atoms with Gasteiger partial charge in [0.15, 0.2) is 12.6 Å². The third kappa shape index (κ3) is 4.64. The summed E-state index contributed by atoms with van der Waals surface area (Å²) in [5.74, 6) is 0. The zero-order chi connectivity index (χ0) is 17.7. The van der Waals surface area contributed by atoms with Crippen LogP contribution in [0.5, 0.6) is 0 Å². The van der Waals surface area contributed by atoms with Crippen molar-refractivity contribution in [1.82, 2.24) is 0 Å². The molecule has 8 N–H and O–H groups in total. The highest BCUT2D eigenvalue weighted by atomic mass is 16.7. The SMILES string of the molecule is O=CC(O[C@@H]1O[C@H](CO)[C@@H](O)[C@H](O)[C@@H]1O)C(O)C(O)C(O)CO. The third-order valence-corrected chi connectivity index (χ3v) is 3.54. The maximum absolute atomic E-state index is 11.0. The molecule has 0 bridgehead atoms. The summed E-state index contributed by atoms with van der Waals surface area (Å²) >= 11 is 0. The van der Waals surface area contributed by atoms with Crippen LogP contribution in [0.1, 0.15) is 0 Å². The Hall–Kier alpha value is -0.730. The molecule has 0 aliphatic carbocycles. The first-order valence-electron chi connectivity index (χ1n) is 6.84. The molecule has 1 rings (SSSR count). The molecule has 0 amide bonds. The predicted octanol–water partition coefficient (Wildman–Crippen LogP) is -5.55. The van der Waals surface area contributed by atoms with Gasteiger partial charge in [0.1, 0.15) is 48.8 Å². The standard InChI is InChI=1S/C12H22O11/c13-1-4(16)7(17)8(18)5(2-14)22-12-11(21)10(20)9(19)6(3-15)23-12/h2,4-13,15-21H,1,3H2/t4?,5?,6-,7?,8?,9-,10+,11+,12-/m1/s1. The molecule has 11 heteroatoms. The van der Waals surface area contributed by atoms with Gasteiger partial charge < -0.3 is 55.1 Å². The van der Waals surface area contributed by atoms with Gasteiger partial charge in [0.2, 0.25) is 0 Å². The van der Waals surface area contributed by atoms with Crippen LogP contribution in [0.25, 0.3) is 0 Å². The fraction of sp³-hybridized carbons (Fsp3) is 0.917. The molecular weight excluding hydrogens is 320 g/mol. The molecule has 9 atom stereocenters. The summed E-state index contributed by atoms with van der Waals surface area (Å²) in [6.07, 6.45) is -15.5. The van der Waals surface area contributed by atoms with Gasteiger partial charge in [0.05, 0.1) is 13.2 Å². The van der Waals surface area contributed by atoms with Crippen LogP contribution in [0.15, 0.2) is 0 Å². The number of rotatable bonds is 8. The van der Waals surface area contributed by atoms with Gasteiger partial charge in [-0.25, -0.2) is 0 Å². The molecule has 1 saturated heterocycles. The highest BCUT2D eigenvalue weighted by Gasteiger charge is 2.46. The molecule has 11 nitrogen and oxygen atoms in total. The van der Waals surface area contributed by atoms with E-state index in [1.54, 1.807) is 0 Å². The second kappa shape index (κ2) is 8.94. The van der Waals surface area contributed by atoms with Crippen molar-refractivity contribution in [1.29, 1.82) is 0 Å². The van der Waals surface area contributed by atoms with Crippen LogP contribution in [0, 0.1) is 0 Å². The number of aliphatic hydroxyl groups is 8. The van der Waals surface area contributed by atoms with E-state index in [-0.39, 0.29) is 6.29 Å². The zero-order valence-corrected chi connectivity index (χ0v) is 12.0. The van der Waals surface area contributed by atoms with Crippen LogP contribution >= 0.6 is 0 Å². The Morgan fingerprint density at radius 1 is 1.00 bits per heavy atom. The Morgan fingerprint density at radius 3 is 2.09 bits per heavy atom. The molecule has 0 radical (unpaired) electrons. The molecule has 1 fully saturated rings. The van der Waals surface area contributed by atoms with E-state index in [9.17, 15) is 35.4 Å². The topological polar surface area (TPSA) is 197 Å². The largest absolute Gasteiger partial charge is 0.394 e. The predicted molar refractivity (Wildman–Crippen MR) is 69.8 cm³/mol. The first kappa shape index (κ1) is 20.3. The van der Waals surface area contributed by atoms with Crippen LogP contribution in [0.2, 0.25) is 0 Å². The van der Waals surface area contributed by atoms with Crippen LogP contribution in [0.4, 0.5) is 0 Å². The lowest BCUT2D eigenvalue weighted by Gasteiger charge is -2.41. The van der Waals surface area contributed by atoms with Gasteiger partial charge in [0, 0.05) is 0 Å². The van der Waals surface area contributed by atoms with Gasteiger partial charge in [-0.1, -0.05) is 0 Å². The van der Waals surface area contributed by atoms with Crippen molar-refractivity contribution in [3.8, 4) is 0 Å². The van der Waals surface area contributed by atoms with E-state index in [1.165, 1.54) is 0 Å². The summed E-state index contributed by atoms with van der Waals surface area (Å²) in [5, 5.41) is 75.2. The van der Waals surface area contributed by atoms with Crippen molar-refractivity contribution in [3.05, 3.63) is 0 Å². The minimum atomic E-state index is -1.97. The fourth-order valence-electron chi connectivity index (χ4n) is 2.06. The van der Waals surface area contributed by atoms with E-state index in [2.05, 4.69) is 0 Å². The van der Waals surface area contributed by atoms with Gasteiger partial charge >= 0.3 is 0 Å². The molecule has 1 heterocycles. The van der Waals surface area contributed by atoms with Gasteiger partial charge in [0.25, 0.3) is 0 Å². The number of aliphatic hydroxyl groups excluding tert-OH is 8. The smallest absolute Gasteiger partial charge is 0.187 e. The van der Waals surface area contributed by atoms with E-state index in [0.717, 1.165) is 0 Å². The Balaban J connectivity index is 2.79. The van der Waals surface area contributed by atoms with Crippen molar-refractivity contribution >= 4 is 6.29 Å². The maximum atomic E-state index is 11.0. The average molecular weight is 342 g/mol. The number of ether oxygens (including phenoxy) is 2. The van der Waals surface area contributed by atoms with E-state index >= 15 is 0 Å². The van der Waals surface area contributed by atoms with Crippen molar-refractivity contribution in [2.45, 2.75) is 55.1 Å². The molecule has 0 spiro atoms. The summed E-state index contributed by atoms with van der Waals surface area (Å²) in [6, 6.07) is 0. The van der Waals surface area contributed by atoms with Crippen LogP contribution in [0.3, 0.4) is 0 Å². The Morgan fingerprint density at radius 2 is 1.61 bits per heavy atom. The molecule has 23 heavy (non-hydrogen) atoms. The zero-order valence-electron chi connectivity index (χ0n) is 12.0. The lowest BCUT2D eigenvalue weighted by atomic mass is 9.99. The average Bonchev–Trinajstić information content (AvgIpc) is 2.57. The number of carbonyl (C=O) groups is 1. The van der Waals surface area contributed by atoms with Crippen LogP contribution in [-0.4, -0.2) is 115 Å². The van der Waals surface area contributed by atoms with Gasteiger partial charge in [-0.05, 0) is 0 Å². The summed E-state index contributed by atoms with van der Waals surface area (Å²) < 4.78 is 9.94. The van der Waals surface area contributed by atoms with E-state index in [1.807, 2.05) is 0 Å². The Kier molecular flexibility index (Phi) is 7.89. The molecule has 0 aromatic carbocycles. The monoisotopic (exact) mass is 342 g/mol. The van der Waals surface area contributed by atoms with Crippen molar-refractivity contribution in [2.24, 2.45) is 0 Å². The van der Waals surface area contributed by atoms with Crippen molar-refractivity contribution in [2.75, 3.05) is 13.2 Å². The molecule has 0 aromatic rings. The maximum Gasteiger partial charge on any atom is 0.187 e. The highest BCUT2D eigenvalue weighted by Crippen LogP contribution is 2.23. The number of carbonyl (C=O) groups excluding carboxylic acids is 1. The first-order valence-corrected chi connectivity index (χ1v) is 6.84.